The first-order valence-electron chi connectivity index (χ1n) is 7.68. The molecule has 0 amide bonds. The molecule has 0 spiro atoms. The van der Waals surface area contributed by atoms with Crippen LogP contribution in [0.15, 0.2) is 46.6 Å². The molecule has 130 valence electrons. The van der Waals surface area contributed by atoms with Crippen LogP contribution in [-0.2, 0) is 4.74 Å². The lowest BCUT2D eigenvalue weighted by molar-refractivity contribution is 0.0504. The van der Waals surface area contributed by atoms with E-state index in [9.17, 15) is 14.7 Å². The molecule has 2 aromatic carbocycles. The van der Waals surface area contributed by atoms with Gasteiger partial charge >= 0.3 is 11.9 Å². The lowest BCUT2D eigenvalue weighted by Gasteiger charge is -2.04. The summed E-state index contributed by atoms with van der Waals surface area (Å²) in [5, 5.41) is 26.8. The fourth-order valence-corrected chi connectivity index (χ4v) is 2.04. The highest BCUT2D eigenvalue weighted by Crippen LogP contribution is 2.29. The number of benzene rings is 2. The van der Waals surface area contributed by atoms with Crippen LogP contribution in [0.5, 0.6) is 5.75 Å². The van der Waals surface area contributed by atoms with Gasteiger partial charge in [0.1, 0.15) is 11.3 Å². The monoisotopic (exact) mass is 342 g/mol. The Balaban J connectivity index is 2.17. The predicted molar refractivity (Wildman–Crippen MR) is 91.0 cm³/mol. The number of azo groups is 1. The Hall–Kier alpha value is -3.22. The van der Waals surface area contributed by atoms with Gasteiger partial charge in [0, 0.05) is 0 Å². The molecular weight excluding hydrogens is 324 g/mol. The van der Waals surface area contributed by atoms with Crippen LogP contribution in [0.4, 0.5) is 11.4 Å². The van der Waals surface area contributed by atoms with Crippen molar-refractivity contribution in [1.82, 2.24) is 0 Å². The Morgan fingerprint density at radius 2 is 1.72 bits per heavy atom. The van der Waals surface area contributed by atoms with Gasteiger partial charge in [0.2, 0.25) is 0 Å². The number of carboxylic acid groups (broad SMARTS) is 1. The minimum absolute atomic E-state index is 0.233. The van der Waals surface area contributed by atoms with Gasteiger partial charge in [-0.3, -0.25) is 0 Å². The Labute approximate surface area is 144 Å². The summed E-state index contributed by atoms with van der Waals surface area (Å²) >= 11 is 0. The fraction of sp³-hybridized carbons (Fsp3) is 0.222. The number of rotatable bonds is 6. The van der Waals surface area contributed by atoms with Crippen LogP contribution in [0.25, 0.3) is 0 Å². The minimum atomic E-state index is -1.24. The smallest absolute Gasteiger partial charge is 0.339 e. The number of ether oxygens (including phenoxy) is 1. The van der Waals surface area contributed by atoms with Crippen molar-refractivity contribution in [2.45, 2.75) is 20.3 Å². The number of phenols is 1. The van der Waals surface area contributed by atoms with Crippen LogP contribution in [0, 0.1) is 6.92 Å². The van der Waals surface area contributed by atoms with Gasteiger partial charge in [0.25, 0.3) is 0 Å². The zero-order valence-electron chi connectivity index (χ0n) is 13.9. The van der Waals surface area contributed by atoms with E-state index >= 15 is 0 Å². The molecule has 2 N–H and O–H groups in total. The van der Waals surface area contributed by atoms with Crippen LogP contribution >= 0.6 is 0 Å². The van der Waals surface area contributed by atoms with Gasteiger partial charge in [-0.2, -0.15) is 10.2 Å². The molecule has 0 fully saturated rings. The molecule has 2 aromatic rings. The molecule has 0 bridgehead atoms. The van der Waals surface area contributed by atoms with Gasteiger partial charge < -0.3 is 14.9 Å². The maximum absolute atomic E-state index is 11.7. The first-order valence-corrected chi connectivity index (χ1v) is 7.68. The number of nitrogens with zero attached hydrogens (tertiary/aromatic N) is 2. The largest absolute Gasteiger partial charge is 0.507 e. The van der Waals surface area contributed by atoms with E-state index in [1.165, 1.54) is 12.1 Å². The van der Waals surface area contributed by atoms with E-state index < -0.39 is 11.9 Å². The van der Waals surface area contributed by atoms with E-state index in [4.69, 9.17) is 9.84 Å². The Morgan fingerprint density at radius 3 is 2.32 bits per heavy atom. The molecule has 25 heavy (non-hydrogen) atoms. The maximum atomic E-state index is 11.7. The summed E-state index contributed by atoms with van der Waals surface area (Å²) in [4.78, 5) is 22.8. The van der Waals surface area contributed by atoms with Crippen LogP contribution in [0.2, 0.25) is 0 Å². The fourth-order valence-electron chi connectivity index (χ4n) is 2.04. The highest BCUT2D eigenvalue weighted by molar-refractivity contribution is 5.92. The molecule has 0 heterocycles. The number of hydrogen-bond donors (Lipinski definition) is 2. The molecular formula is C18H18N2O5. The van der Waals surface area contributed by atoms with Crippen molar-refractivity contribution < 1.29 is 24.5 Å². The summed E-state index contributed by atoms with van der Waals surface area (Å²) < 4.78 is 5.03. The first kappa shape index (κ1) is 18.1. The molecule has 0 unspecified atom stereocenters. The summed E-state index contributed by atoms with van der Waals surface area (Å²) in [5.41, 5.74) is 1.38. The second-order valence-electron chi connectivity index (χ2n) is 5.35. The third kappa shape index (κ3) is 4.63. The molecule has 0 aliphatic carbocycles. The number of hydrogen-bond acceptors (Lipinski definition) is 6. The predicted octanol–water partition coefficient (Wildman–Crippen LogP) is 4.38. The summed E-state index contributed by atoms with van der Waals surface area (Å²) in [6.45, 7) is 3.86. The number of aromatic hydroxyl groups is 1. The van der Waals surface area contributed by atoms with Crippen LogP contribution in [0.1, 0.15) is 39.6 Å². The van der Waals surface area contributed by atoms with Crippen molar-refractivity contribution in [2.24, 2.45) is 10.2 Å². The van der Waals surface area contributed by atoms with Crippen molar-refractivity contribution in [1.29, 1.82) is 0 Å². The van der Waals surface area contributed by atoms with Crippen LogP contribution in [-0.4, -0.2) is 28.8 Å². The molecule has 0 saturated carbocycles. The Morgan fingerprint density at radius 1 is 1.08 bits per heavy atom. The molecule has 7 heteroatoms. The summed E-state index contributed by atoms with van der Waals surface area (Å²) in [6, 6.07) is 9.15. The van der Waals surface area contributed by atoms with Gasteiger partial charge in [-0.05, 0) is 55.3 Å². The third-order valence-corrected chi connectivity index (χ3v) is 3.34. The molecule has 0 aliphatic rings. The first-order chi connectivity index (χ1) is 11.9. The Kier molecular flexibility index (Phi) is 5.84. The van der Waals surface area contributed by atoms with Crippen molar-refractivity contribution >= 4 is 23.3 Å². The number of carbonyl (C=O) groups excluding carboxylic acids is 1. The van der Waals surface area contributed by atoms with Crippen LogP contribution < -0.4 is 0 Å². The Bertz CT molecular complexity index is 813. The molecule has 0 aromatic heterocycles. The van der Waals surface area contributed by atoms with Crippen molar-refractivity contribution in [3.8, 4) is 5.75 Å². The highest BCUT2D eigenvalue weighted by atomic mass is 16.5. The SMILES string of the molecule is CCCOC(=O)c1ccc(N=Nc2cc(C)c(O)c(C(=O)O)c2)cc1. The van der Waals surface area contributed by atoms with Gasteiger partial charge in [0.15, 0.2) is 0 Å². The highest BCUT2D eigenvalue weighted by Gasteiger charge is 2.13. The van der Waals surface area contributed by atoms with Crippen LogP contribution in [0.3, 0.4) is 0 Å². The number of carboxylic acids is 1. The van der Waals surface area contributed by atoms with E-state index in [0.29, 0.717) is 29.1 Å². The minimum Gasteiger partial charge on any atom is -0.507 e. The van der Waals surface area contributed by atoms with E-state index in [1.54, 1.807) is 31.2 Å². The van der Waals surface area contributed by atoms with Crippen molar-refractivity contribution in [3.05, 3.63) is 53.1 Å². The zero-order valence-corrected chi connectivity index (χ0v) is 13.9. The summed E-state index contributed by atoms with van der Waals surface area (Å²) in [7, 11) is 0. The quantitative estimate of drug-likeness (QED) is 0.598. The van der Waals surface area contributed by atoms with Gasteiger partial charge in [-0.1, -0.05) is 6.92 Å². The lowest BCUT2D eigenvalue weighted by atomic mass is 10.1. The molecule has 0 aliphatic heterocycles. The lowest BCUT2D eigenvalue weighted by Crippen LogP contribution is -2.05. The number of aryl methyl sites for hydroxylation is 1. The summed E-state index contributed by atoms with van der Waals surface area (Å²) in [5.74, 6) is -1.93. The normalized spacial score (nSPS) is 10.8. The van der Waals surface area contributed by atoms with Crippen molar-refractivity contribution in [2.75, 3.05) is 6.61 Å². The van der Waals surface area contributed by atoms with Gasteiger partial charge in [-0.25, -0.2) is 9.59 Å². The second kappa shape index (κ2) is 8.05. The molecule has 0 atom stereocenters. The maximum Gasteiger partial charge on any atom is 0.339 e. The van der Waals surface area contributed by atoms with Gasteiger partial charge in [0.05, 0.1) is 23.5 Å². The summed E-state index contributed by atoms with van der Waals surface area (Å²) in [6.07, 6.45) is 0.752. The number of aromatic carboxylic acids is 1. The standard InChI is InChI=1S/C18H18N2O5/c1-3-8-25-18(24)12-4-6-13(7-5-12)19-20-14-9-11(2)16(21)15(10-14)17(22)23/h4-7,9-10,21H,3,8H2,1-2H3,(H,22,23). The molecule has 7 nitrogen and oxygen atoms in total. The van der Waals surface area contributed by atoms with Gasteiger partial charge in [-0.15, -0.1) is 0 Å². The average molecular weight is 342 g/mol. The van der Waals surface area contributed by atoms with E-state index in [1.807, 2.05) is 6.92 Å². The topological polar surface area (TPSA) is 109 Å². The number of esters is 1. The molecule has 0 saturated heterocycles. The molecule has 0 radical (unpaired) electrons. The molecule has 2 rings (SSSR count). The average Bonchev–Trinajstić information content (AvgIpc) is 2.60. The third-order valence-electron chi connectivity index (χ3n) is 3.34. The van der Waals surface area contributed by atoms with Crippen molar-refractivity contribution in [3.63, 3.8) is 0 Å². The zero-order chi connectivity index (χ0) is 18.4. The second-order valence-corrected chi connectivity index (χ2v) is 5.35. The van der Waals surface area contributed by atoms with E-state index in [-0.39, 0.29) is 11.3 Å². The van der Waals surface area contributed by atoms with E-state index in [0.717, 1.165) is 6.42 Å². The number of carbonyl (C=O) groups is 2. The van der Waals surface area contributed by atoms with E-state index in [2.05, 4.69) is 10.2 Å².